The molecule has 9 heteroatoms. The van der Waals surface area contributed by atoms with Crippen molar-refractivity contribution in [2.24, 2.45) is 5.92 Å². The lowest BCUT2D eigenvalue weighted by molar-refractivity contribution is -0.156. The van der Waals surface area contributed by atoms with Crippen LogP contribution in [-0.4, -0.2) is 33.7 Å². The molecule has 0 radical (unpaired) electrons. The van der Waals surface area contributed by atoms with Crippen molar-refractivity contribution in [1.82, 2.24) is 14.5 Å². The summed E-state index contributed by atoms with van der Waals surface area (Å²) in [5, 5.41) is 3.00. The highest BCUT2D eigenvalue weighted by Gasteiger charge is 2.32. The van der Waals surface area contributed by atoms with Gasteiger partial charge in [-0.2, -0.15) is 13.2 Å². The average Bonchev–Trinajstić information content (AvgIpc) is 3.21. The smallest absolute Gasteiger partial charge is 0.416 e. The lowest BCUT2D eigenvalue weighted by Gasteiger charge is -2.27. The molecule has 1 N–H and O–H groups in total. The maximum absolute atomic E-state index is 13.6. The van der Waals surface area contributed by atoms with E-state index in [0.717, 1.165) is 23.9 Å². The van der Waals surface area contributed by atoms with E-state index in [-0.39, 0.29) is 23.9 Å². The van der Waals surface area contributed by atoms with Crippen molar-refractivity contribution in [1.29, 1.82) is 0 Å². The third-order valence-electron chi connectivity index (χ3n) is 6.42. The Bertz CT molecular complexity index is 1240. The first-order valence-electron chi connectivity index (χ1n) is 12.2. The Kier molecular flexibility index (Phi) is 7.38. The van der Waals surface area contributed by atoms with Crippen LogP contribution < -0.4 is 5.32 Å². The molecule has 0 bridgehead atoms. The number of aromatic nitrogens is 3. The SMILES string of the molecule is CNc1cc(-c2nc(C(C)C)n(CC[C@@H]3C[C@@H](C)CC(=O)O3)c2-c2cccc(C(F)(F)F)c2)ccn1. The first-order valence-corrected chi connectivity index (χ1v) is 12.2. The Morgan fingerprint density at radius 1 is 1.19 bits per heavy atom. The first kappa shape index (κ1) is 25.7. The van der Waals surface area contributed by atoms with Crippen molar-refractivity contribution in [3.05, 3.63) is 54.0 Å². The zero-order valence-corrected chi connectivity index (χ0v) is 20.9. The molecule has 1 aliphatic rings. The molecule has 1 saturated heterocycles. The molecule has 36 heavy (non-hydrogen) atoms. The van der Waals surface area contributed by atoms with Gasteiger partial charge >= 0.3 is 12.1 Å². The maximum Gasteiger partial charge on any atom is 0.416 e. The van der Waals surface area contributed by atoms with Gasteiger partial charge in [0.15, 0.2) is 0 Å². The highest BCUT2D eigenvalue weighted by atomic mass is 19.4. The van der Waals surface area contributed by atoms with Crippen LogP contribution in [0.15, 0.2) is 42.6 Å². The van der Waals surface area contributed by atoms with Gasteiger partial charge in [-0.15, -0.1) is 0 Å². The zero-order valence-electron chi connectivity index (χ0n) is 20.9. The Balaban J connectivity index is 1.85. The number of carbonyl (C=O) groups excluding carboxylic acids is 1. The van der Waals surface area contributed by atoms with Crippen LogP contribution in [0.3, 0.4) is 0 Å². The molecule has 6 nitrogen and oxygen atoms in total. The van der Waals surface area contributed by atoms with Crippen molar-refractivity contribution in [3.8, 4) is 22.5 Å². The number of hydrogen-bond acceptors (Lipinski definition) is 5. The van der Waals surface area contributed by atoms with Crippen molar-refractivity contribution in [2.75, 3.05) is 12.4 Å². The molecule has 0 amide bonds. The van der Waals surface area contributed by atoms with Crippen LogP contribution >= 0.6 is 0 Å². The van der Waals surface area contributed by atoms with Crippen molar-refractivity contribution >= 4 is 11.8 Å². The van der Waals surface area contributed by atoms with Gasteiger partial charge in [-0.1, -0.05) is 32.9 Å². The van der Waals surface area contributed by atoms with Crippen LogP contribution in [0.5, 0.6) is 0 Å². The van der Waals surface area contributed by atoms with Gasteiger partial charge in [0, 0.05) is 49.7 Å². The molecule has 3 aromatic rings. The lowest BCUT2D eigenvalue weighted by atomic mass is 9.95. The number of pyridine rings is 1. The number of esters is 1. The Morgan fingerprint density at radius 3 is 2.64 bits per heavy atom. The lowest BCUT2D eigenvalue weighted by Crippen LogP contribution is -2.29. The number of carbonyl (C=O) groups is 1. The van der Waals surface area contributed by atoms with Crippen LogP contribution in [0.1, 0.15) is 57.3 Å². The molecule has 1 aliphatic heterocycles. The summed E-state index contributed by atoms with van der Waals surface area (Å²) in [6, 6.07) is 8.98. The fourth-order valence-electron chi connectivity index (χ4n) is 4.74. The molecule has 3 heterocycles. The summed E-state index contributed by atoms with van der Waals surface area (Å²) in [4.78, 5) is 21.2. The minimum Gasteiger partial charge on any atom is -0.462 e. The second-order valence-electron chi connectivity index (χ2n) is 9.68. The average molecular weight is 501 g/mol. The van der Waals surface area contributed by atoms with Gasteiger partial charge < -0.3 is 14.6 Å². The van der Waals surface area contributed by atoms with E-state index in [4.69, 9.17) is 9.72 Å². The number of rotatable bonds is 7. The number of nitrogens with zero attached hydrogens (tertiary/aromatic N) is 3. The molecule has 0 saturated carbocycles. The van der Waals surface area contributed by atoms with E-state index in [1.165, 1.54) is 12.1 Å². The molecule has 4 rings (SSSR count). The highest BCUT2D eigenvalue weighted by molar-refractivity contribution is 5.80. The number of imidazole rings is 1. The predicted molar refractivity (Wildman–Crippen MR) is 132 cm³/mol. The summed E-state index contributed by atoms with van der Waals surface area (Å²) in [5.74, 6) is 1.44. The molecule has 192 valence electrons. The monoisotopic (exact) mass is 500 g/mol. The molecule has 2 aromatic heterocycles. The number of hydrogen-bond donors (Lipinski definition) is 1. The van der Waals surface area contributed by atoms with Crippen LogP contribution in [-0.2, 0) is 22.3 Å². The Morgan fingerprint density at radius 2 is 1.97 bits per heavy atom. The summed E-state index contributed by atoms with van der Waals surface area (Å²) in [6.07, 6.45) is -1.33. The number of cyclic esters (lactones) is 1. The van der Waals surface area contributed by atoms with E-state index in [9.17, 15) is 18.0 Å². The second kappa shape index (κ2) is 10.3. The van der Waals surface area contributed by atoms with Gasteiger partial charge in [-0.05, 0) is 36.6 Å². The van der Waals surface area contributed by atoms with E-state index >= 15 is 0 Å². The van der Waals surface area contributed by atoms with Gasteiger partial charge in [-0.25, -0.2) is 9.97 Å². The quantitative estimate of drug-likeness (QED) is 0.374. The predicted octanol–water partition coefficient (Wildman–Crippen LogP) is 6.53. The standard InChI is InChI=1S/C27H31F3N4O2/c1-16(2)26-33-24(18-8-10-32-22(15-18)31-4)25(19-6-5-7-20(14-19)27(28,29)30)34(26)11-9-21-12-17(3)13-23(35)36-21/h5-8,10,14-17,21H,9,11-13H2,1-4H3,(H,31,32)/t17-,21-/m1/s1. The molecule has 2 atom stereocenters. The molecular weight excluding hydrogens is 469 g/mol. The van der Waals surface area contributed by atoms with Crippen LogP contribution in [0.2, 0.25) is 0 Å². The number of nitrogens with one attached hydrogen (secondary N) is 1. The molecule has 0 spiro atoms. The van der Waals surface area contributed by atoms with Gasteiger partial charge in [0.2, 0.25) is 0 Å². The summed E-state index contributed by atoms with van der Waals surface area (Å²) < 4.78 is 48.4. The second-order valence-corrected chi connectivity index (χ2v) is 9.68. The normalized spacial score (nSPS) is 18.4. The minimum absolute atomic E-state index is 0.0155. The fourth-order valence-corrected chi connectivity index (χ4v) is 4.74. The molecular formula is C27H31F3N4O2. The highest BCUT2D eigenvalue weighted by Crippen LogP contribution is 2.39. The third kappa shape index (κ3) is 5.55. The fraction of sp³-hybridized carbons (Fsp3) is 0.444. The van der Waals surface area contributed by atoms with E-state index in [0.29, 0.717) is 42.2 Å². The van der Waals surface area contributed by atoms with Crippen LogP contribution in [0, 0.1) is 5.92 Å². The van der Waals surface area contributed by atoms with Gasteiger partial charge in [0.25, 0.3) is 0 Å². The topological polar surface area (TPSA) is 69.0 Å². The number of halogens is 3. The van der Waals surface area contributed by atoms with Crippen molar-refractivity contribution in [2.45, 2.75) is 64.8 Å². The van der Waals surface area contributed by atoms with Gasteiger partial charge in [0.05, 0.1) is 17.0 Å². The van der Waals surface area contributed by atoms with Gasteiger partial charge in [-0.3, -0.25) is 4.79 Å². The van der Waals surface area contributed by atoms with Crippen molar-refractivity contribution in [3.63, 3.8) is 0 Å². The molecule has 1 fully saturated rings. The zero-order chi connectivity index (χ0) is 26.0. The number of benzene rings is 1. The van der Waals surface area contributed by atoms with Crippen LogP contribution in [0.25, 0.3) is 22.5 Å². The summed E-state index contributed by atoms with van der Waals surface area (Å²) in [6.45, 7) is 6.50. The maximum atomic E-state index is 13.6. The Hall–Kier alpha value is -3.36. The summed E-state index contributed by atoms with van der Waals surface area (Å²) in [7, 11) is 1.75. The van der Waals surface area contributed by atoms with Crippen LogP contribution in [0.4, 0.5) is 19.0 Å². The van der Waals surface area contributed by atoms with E-state index in [1.807, 2.05) is 31.4 Å². The largest absolute Gasteiger partial charge is 0.462 e. The number of alkyl halides is 3. The Labute approximate surface area is 208 Å². The van der Waals surface area contributed by atoms with E-state index in [1.54, 1.807) is 25.4 Å². The van der Waals surface area contributed by atoms with Gasteiger partial charge in [0.1, 0.15) is 17.7 Å². The number of ether oxygens (including phenoxy) is 1. The first-order chi connectivity index (χ1) is 17.1. The minimum atomic E-state index is -4.47. The summed E-state index contributed by atoms with van der Waals surface area (Å²) >= 11 is 0. The van der Waals surface area contributed by atoms with E-state index in [2.05, 4.69) is 10.3 Å². The van der Waals surface area contributed by atoms with E-state index < -0.39 is 11.7 Å². The summed E-state index contributed by atoms with van der Waals surface area (Å²) in [5.41, 5.74) is 1.65. The molecule has 1 aromatic carbocycles. The molecule has 0 aliphatic carbocycles. The molecule has 0 unspecified atom stereocenters. The number of anilines is 1. The van der Waals surface area contributed by atoms with Crippen molar-refractivity contribution < 1.29 is 22.7 Å². The third-order valence-corrected chi connectivity index (χ3v) is 6.42.